The van der Waals surface area contributed by atoms with Gasteiger partial charge in [0, 0.05) is 11.5 Å². The molecule has 4 aliphatic carbocycles. The van der Waals surface area contributed by atoms with E-state index in [0.29, 0.717) is 6.42 Å². The second-order valence-electron chi connectivity index (χ2n) is 9.66. The summed E-state index contributed by atoms with van der Waals surface area (Å²) >= 11 is 0. The number of ketones is 2. The highest BCUT2D eigenvalue weighted by Crippen LogP contribution is 2.68. The highest BCUT2D eigenvalue weighted by Gasteiger charge is 2.69. The number of rotatable bonds is 2. The zero-order chi connectivity index (χ0) is 19.8. The monoisotopic (exact) mass is 374 g/mol. The van der Waals surface area contributed by atoms with Crippen molar-refractivity contribution < 1.29 is 24.9 Å². The lowest BCUT2D eigenvalue weighted by molar-refractivity contribution is -0.171. The molecule has 7 atom stereocenters. The van der Waals surface area contributed by atoms with Gasteiger partial charge in [-0.3, -0.25) is 9.59 Å². The van der Waals surface area contributed by atoms with Gasteiger partial charge in [0.2, 0.25) is 0 Å². The average molecular weight is 374 g/mol. The molecule has 0 aliphatic heterocycles. The second-order valence-corrected chi connectivity index (χ2v) is 9.66. The Labute approximate surface area is 160 Å². The molecule has 0 aromatic heterocycles. The fourth-order valence-electron chi connectivity index (χ4n) is 7.35. The van der Waals surface area contributed by atoms with Crippen LogP contribution in [0, 0.1) is 34.5 Å². The van der Waals surface area contributed by atoms with Crippen LogP contribution >= 0.6 is 0 Å². The van der Waals surface area contributed by atoms with Crippen LogP contribution in [0.2, 0.25) is 0 Å². The minimum absolute atomic E-state index is 0.0245. The Morgan fingerprint density at radius 2 is 1.93 bits per heavy atom. The first-order valence-corrected chi connectivity index (χ1v) is 10.1. The molecule has 0 aromatic rings. The van der Waals surface area contributed by atoms with Crippen molar-refractivity contribution in [3.63, 3.8) is 0 Å². The number of carbonyl (C=O) groups excluding carboxylic acids is 2. The summed E-state index contributed by atoms with van der Waals surface area (Å²) in [7, 11) is 0. The van der Waals surface area contributed by atoms with E-state index < -0.39 is 28.8 Å². The number of allylic oxidation sites excluding steroid dienone is 3. The standard InChI is InChI=1S/C22H30O5/c1-12-8-17-15-5-4-13-9-14(24)10-18(25)21(13,3)16(15)6-7-20(17,2)22(12,27)19(26)11-23/h9-10,12,15-17,23-24,27H,4-8,11H2,1-3H3/t12?,15-,16+,17+,20+,21+,22+/m1/s1. The molecule has 0 saturated heterocycles. The SMILES string of the molecule is CC1C[C@H]2[C@@H]3CCC4=CC(O)=CC(=O)[C@]4(C)[C@H]3CC[C@]2(C)[C@@]1(O)C(=O)CO. The Morgan fingerprint density at radius 1 is 1.22 bits per heavy atom. The van der Waals surface area contributed by atoms with E-state index in [1.807, 2.05) is 20.8 Å². The van der Waals surface area contributed by atoms with Crippen LogP contribution in [0.4, 0.5) is 0 Å². The van der Waals surface area contributed by atoms with Gasteiger partial charge in [0.05, 0.1) is 5.41 Å². The predicted molar refractivity (Wildman–Crippen MR) is 99.8 cm³/mol. The van der Waals surface area contributed by atoms with Crippen molar-refractivity contribution >= 4 is 11.6 Å². The molecule has 3 fully saturated rings. The van der Waals surface area contributed by atoms with Crippen molar-refractivity contribution in [3.05, 3.63) is 23.5 Å². The average Bonchev–Trinajstić information content (AvgIpc) is 2.83. The van der Waals surface area contributed by atoms with Crippen LogP contribution in [-0.4, -0.2) is 39.1 Å². The van der Waals surface area contributed by atoms with E-state index in [1.54, 1.807) is 6.08 Å². The highest BCUT2D eigenvalue weighted by atomic mass is 16.3. The molecule has 3 N–H and O–H groups in total. The Bertz CT molecular complexity index is 767. The second kappa shape index (κ2) is 5.77. The fraction of sp³-hybridized carbons (Fsp3) is 0.727. The van der Waals surface area contributed by atoms with E-state index in [1.165, 1.54) is 6.08 Å². The largest absolute Gasteiger partial charge is 0.508 e. The highest BCUT2D eigenvalue weighted by molar-refractivity contribution is 5.99. The summed E-state index contributed by atoms with van der Waals surface area (Å²) in [5, 5.41) is 30.8. The number of hydrogen-bond acceptors (Lipinski definition) is 5. The normalized spacial score (nSPS) is 48.9. The van der Waals surface area contributed by atoms with Gasteiger partial charge in [-0.25, -0.2) is 0 Å². The maximum Gasteiger partial charge on any atom is 0.190 e. The Hall–Kier alpha value is -1.46. The molecule has 5 heteroatoms. The quantitative estimate of drug-likeness (QED) is 0.691. The third-order valence-corrected chi connectivity index (χ3v) is 8.86. The number of hydrogen-bond donors (Lipinski definition) is 3. The summed E-state index contributed by atoms with van der Waals surface area (Å²) in [6, 6.07) is 0. The molecule has 3 saturated carbocycles. The molecule has 0 amide bonds. The molecule has 1 unspecified atom stereocenters. The minimum atomic E-state index is -1.50. The number of aliphatic hydroxyl groups is 3. The fourth-order valence-corrected chi connectivity index (χ4v) is 7.35. The van der Waals surface area contributed by atoms with Crippen LogP contribution in [0.15, 0.2) is 23.5 Å². The summed E-state index contributed by atoms with van der Waals surface area (Å²) in [5.41, 5.74) is -1.64. The van der Waals surface area contributed by atoms with E-state index >= 15 is 0 Å². The van der Waals surface area contributed by atoms with Gasteiger partial charge in [-0.2, -0.15) is 0 Å². The molecule has 4 rings (SSSR count). The van der Waals surface area contributed by atoms with Crippen molar-refractivity contribution in [1.82, 2.24) is 0 Å². The maximum absolute atomic E-state index is 12.9. The lowest BCUT2D eigenvalue weighted by Gasteiger charge is -2.57. The first kappa shape index (κ1) is 18.9. The molecule has 27 heavy (non-hydrogen) atoms. The van der Waals surface area contributed by atoms with Gasteiger partial charge in [-0.15, -0.1) is 0 Å². The van der Waals surface area contributed by atoms with E-state index in [9.17, 15) is 24.9 Å². The molecule has 0 spiro atoms. The Balaban J connectivity index is 1.74. The smallest absolute Gasteiger partial charge is 0.190 e. The van der Waals surface area contributed by atoms with E-state index in [0.717, 1.165) is 31.3 Å². The van der Waals surface area contributed by atoms with Crippen molar-refractivity contribution in [2.75, 3.05) is 6.61 Å². The zero-order valence-corrected chi connectivity index (χ0v) is 16.4. The number of carbonyl (C=O) groups is 2. The number of Topliss-reactive ketones (excluding diaryl/α,β-unsaturated/α-hetero) is 1. The van der Waals surface area contributed by atoms with E-state index in [2.05, 4.69) is 0 Å². The van der Waals surface area contributed by atoms with Crippen LogP contribution in [0.25, 0.3) is 0 Å². The number of fused-ring (bicyclic) bond motifs is 5. The lowest BCUT2D eigenvalue weighted by atomic mass is 9.46. The summed E-state index contributed by atoms with van der Waals surface area (Å²) < 4.78 is 0. The van der Waals surface area contributed by atoms with E-state index in [-0.39, 0.29) is 35.2 Å². The third kappa shape index (κ3) is 2.13. The van der Waals surface area contributed by atoms with Crippen LogP contribution in [0.5, 0.6) is 0 Å². The third-order valence-electron chi connectivity index (χ3n) is 8.86. The molecule has 0 bridgehead atoms. The van der Waals surface area contributed by atoms with Crippen molar-refractivity contribution in [3.8, 4) is 0 Å². The summed E-state index contributed by atoms with van der Waals surface area (Å²) in [6.45, 7) is 5.29. The molecular weight excluding hydrogens is 344 g/mol. The Morgan fingerprint density at radius 3 is 2.59 bits per heavy atom. The summed E-state index contributed by atoms with van der Waals surface area (Å²) in [5.74, 6) is -0.0908. The summed E-state index contributed by atoms with van der Waals surface area (Å²) in [6.07, 6.45) is 6.94. The van der Waals surface area contributed by atoms with Gasteiger partial charge in [-0.05, 0) is 68.8 Å². The van der Waals surface area contributed by atoms with Crippen molar-refractivity contribution in [1.29, 1.82) is 0 Å². The van der Waals surface area contributed by atoms with Crippen LogP contribution in [0.1, 0.15) is 52.9 Å². The topological polar surface area (TPSA) is 94.8 Å². The molecule has 148 valence electrons. The molecule has 0 aromatic carbocycles. The molecule has 5 nitrogen and oxygen atoms in total. The molecule has 0 radical (unpaired) electrons. The number of aliphatic hydroxyl groups excluding tert-OH is 2. The first-order chi connectivity index (χ1) is 12.6. The van der Waals surface area contributed by atoms with Crippen molar-refractivity contribution in [2.24, 2.45) is 34.5 Å². The van der Waals surface area contributed by atoms with Gasteiger partial charge in [-0.1, -0.05) is 19.4 Å². The molecule has 0 heterocycles. The van der Waals surface area contributed by atoms with Crippen LogP contribution in [-0.2, 0) is 9.59 Å². The minimum Gasteiger partial charge on any atom is -0.508 e. The van der Waals surface area contributed by atoms with Gasteiger partial charge >= 0.3 is 0 Å². The lowest BCUT2D eigenvalue weighted by Crippen LogP contribution is -2.60. The molecular formula is C22H30O5. The van der Waals surface area contributed by atoms with Gasteiger partial charge in [0.25, 0.3) is 0 Å². The predicted octanol–water partition coefficient (Wildman–Crippen LogP) is 2.72. The van der Waals surface area contributed by atoms with Gasteiger partial charge < -0.3 is 15.3 Å². The van der Waals surface area contributed by atoms with Crippen LogP contribution in [0.3, 0.4) is 0 Å². The zero-order valence-electron chi connectivity index (χ0n) is 16.4. The Kier molecular flexibility index (Phi) is 4.04. The van der Waals surface area contributed by atoms with Crippen LogP contribution < -0.4 is 0 Å². The van der Waals surface area contributed by atoms with E-state index in [4.69, 9.17) is 0 Å². The maximum atomic E-state index is 12.9. The van der Waals surface area contributed by atoms with Gasteiger partial charge in [0.15, 0.2) is 11.6 Å². The van der Waals surface area contributed by atoms with Crippen molar-refractivity contribution in [2.45, 2.75) is 58.5 Å². The molecule has 4 aliphatic rings. The van der Waals surface area contributed by atoms with Gasteiger partial charge in [0.1, 0.15) is 18.0 Å². The summed E-state index contributed by atoms with van der Waals surface area (Å²) in [4.78, 5) is 25.5. The first-order valence-electron chi connectivity index (χ1n) is 10.1.